The fourth-order valence-corrected chi connectivity index (χ4v) is 5.02. The normalized spacial score (nSPS) is 18.1. The Labute approximate surface area is 214 Å². The number of rotatable bonds is 6. The van der Waals surface area contributed by atoms with Gasteiger partial charge in [-0.15, -0.1) is 0 Å². The molecule has 1 fully saturated rings. The lowest BCUT2D eigenvalue weighted by Crippen LogP contribution is -2.46. The van der Waals surface area contributed by atoms with Crippen molar-refractivity contribution in [2.24, 2.45) is 0 Å². The highest BCUT2D eigenvalue weighted by Crippen LogP contribution is 2.27. The summed E-state index contributed by atoms with van der Waals surface area (Å²) in [5.74, 6) is 1.17. The molecule has 0 aliphatic carbocycles. The first-order valence-electron chi connectivity index (χ1n) is 12.9. The monoisotopic (exact) mass is 499 g/mol. The molecule has 8 heteroatoms. The van der Waals surface area contributed by atoms with Crippen molar-refractivity contribution < 1.29 is 4.74 Å². The average Bonchev–Trinajstić information content (AvgIpc) is 3.32. The van der Waals surface area contributed by atoms with Crippen LogP contribution >= 0.6 is 0 Å². The second kappa shape index (κ2) is 10.7. The highest BCUT2D eigenvalue weighted by atomic mass is 16.5. The quantitative estimate of drug-likeness (QED) is 0.325. The van der Waals surface area contributed by atoms with Crippen molar-refractivity contribution in [1.82, 2.24) is 25.3 Å². The maximum atomic E-state index is 13.0. The molecular weight excluding hydrogens is 466 g/mol. The summed E-state index contributed by atoms with van der Waals surface area (Å²) in [4.78, 5) is 39.9. The fourth-order valence-electron chi connectivity index (χ4n) is 5.02. The summed E-state index contributed by atoms with van der Waals surface area (Å²) in [7, 11) is 0. The van der Waals surface area contributed by atoms with Gasteiger partial charge in [0.15, 0.2) is 0 Å². The molecule has 2 atom stereocenters. The number of hydrogen-bond acceptors (Lipinski definition) is 5. The standard InChI is InChI=1S/C29H33N5O3/c1-4-20(25-16-37-13-12-30-25)27-31-22(26(34-27)17(2)3)15-24-29(36)32-23(28(35)33-24)14-19-10-7-9-18-8-5-6-11-21(18)19/h5-11,14-15,17,20,25,30H,4,12-13,16H2,1-3H3,(H,31,34)(H,32,36)(H,33,35)/b23-14-,24-15-. The molecule has 4 aromatic rings. The molecule has 8 nitrogen and oxygen atoms in total. The van der Waals surface area contributed by atoms with E-state index in [2.05, 4.69) is 41.0 Å². The zero-order valence-corrected chi connectivity index (χ0v) is 21.4. The van der Waals surface area contributed by atoms with Gasteiger partial charge in [0.2, 0.25) is 0 Å². The first-order chi connectivity index (χ1) is 17.9. The molecule has 37 heavy (non-hydrogen) atoms. The molecule has 2 unspecified atom stereocenters. The third kappa shape index (κ3) is 5.21. The van der Waals surface area contributed by atoms with Crippen LogP contribution in [0.4, 0.5) is 0 Å². The summed E-state index contributed by atoms with van der Waals surface area (Å²) in [5, 5.41) is 5.98. The van der Waals surface area contributed by atoms with E-state index in [-0.39, 0.29) is 39.7 Å². The number of aromatic nitrogens is 4. The highest BCUT2D eigenvalue weighted by Gasteiger charge is 2.27. The van der Waals surface area contributed by atoms with E-state index >= 15 is 0 Å². The van der Waals surface area contributed by atoms with E-state index < -0.39 is 0 Å². The molecule has 192 valence electrons. The largest absolute Gasteiger partial charge is 0.378 e. The van der Waals surface area contributed by atoms with Crippen LogP contribution in [0.5, 0.6) is 0 Å². The Morgan fingerprint density at radius 3 is 2.43 bits per heavy atom. The second-order valence-corrected chi connectivity index (χ2v) is 9.82. The van der Waals surface area contributed by atoms with Crippen molar-refractivity contribution in [2.45, 2.75) is 45.1 Å². The molecular formula is C29H33N5O3. The van der Waals surface area contributed by atoms with Crippen molar-refractivity contribution in [2.75, 3.05) is 19.8 Å². The van der Waals surface area contributed by atoms with Gasteiger partial charge in [0.25, 0.3) is 11.1 Å². The third-order valence-electron chi connectivity index (χ3n) is 6.97. The minimum absolute atomic E-state index is 0.148. The minimum Gasteiger partial charge on any atom is -0.378 e. The lowest BCUT2D eigenvalue weighted by atomic mass is 9.96. The van der Waals surface area contributed by atoms with Gasteiger partial charge in [-0.1, -0.05) is 63.2 Å². The maximum Gasteiger partial charge on any atom is 0.272 e. The SMILES string of the molecule is CCC(c1nc(/C=c2\[nH]c(=O)/c(=C/c3cccc4ccccc34)[nH]c2=O)c(C(C)C)[nH]1)C1COCCN1. The van der Waals surface area contributed by atoms with Gasteiger partial charge in [0, 0.05) is 24.2 Å². The van der Waals surface area contributed by atoms with Crippen molar-refractivity contribution in [3.8, 4) is 0 Å². The number of H-pyrrole nitrogens is 3. The maximum absolute atomic E-state index is 13.0. The summed E-state index contributed by atoms with van der Waals surface area (Å²) >= 11 is 0. The third-order valence-corrected chi connectivity index (χ3v) is 6.97. The van der Waals surface area contributed by atoms with Gasteiger partial charge in [-0.2, -0.15) is 0 Å². The van der Waals surface area contributed by atoms with E-state index in [9.17, 15) is 9.59 Å². The first kappa shape index (κ1) is 24.9. The number of imidazole rings is 1. The number of hydrogen-bond donors (Lipinski definition) is 4. The first-order valence-corrected chi connectivity index (χ1v) is 12.9. The van der Waals surface area contributed by atoms with E-state index in [4.69, 9.17) is 9.72 Å². The number of nitrogens with zero attached hydrogens (tertiary/aromatic N) is 1. The molecule has 3 heterocycles. The second-order valence-electron chi connectivity index (χ2n) is 9.82. The average molecular weight is 500 g/mol. The smallest absolute Gasteiger partial charge is 0.272 e. The lowest BCUT2D eigenvalue weighted by molar-refractivity contribution is 0.0664. The number of nitrogens with one attached hydrogen (secondary N) is 4. The number of aromatic amines is 3. The van der Waals surface area contributed by atoms with E-state index in [1.807, 2.05) is 42.5 Å². The molecule has 1 aliphatic rings. The van der Waals surface area contributed by atoms with Crippen LogP contribution in [0.25, 0.3) is 22.9 Å². The van der Waals surface area contributed by atoms with Crippen molar-refractivity contribution in [1.29, 1.82) is 0 Å². The predicted molar refractivity (Wildman–Crippen MR) is 146 cm³/mol. The zero-order valence-electron chi connectivity index (χ0n) is 21.4. The Morgan fingerprint density at radius 2 is 1.73 bits per heavy atom. The summed E-state index contributed by atoms with van der Waals surface area (Å²) in [6.45, 7) is 8.45. The molecule has 1 saturated heterocycles. The lowest BCUT2D eigenvalue weighted by Gasteiger charge is -2.29. The van der Waals surface area contributed by atoms with Crippen molar-refractivity contribution in [3.63, 3.8) is 0 Å². The topological polar surface area (TPSA) is 116 Å². The van der Waals surface area contributed by atoms with Gasteiger partial charge >= 0.3 is 0 Å². The Balaban J connectivity index is 1.57. The molecule has 2 aromatic heterocycles. The summed E-state index contributed by atoms with van der Waals surface area (Å²) in [6, 6.07) is 14.0. The fraction of sp³-hybridized carbons (Fsp3) is 0.345. The Hall–Kier alpha value is -3.75. The summed E-state index contributed by atoms with van der Waals surface area (Å²) < 4.78 is 5.67. The summed E-state index contributed by atoms with van der Waals surface area (Å²) in [6.07, 6.45) is 4.26. The van der Waals surface area contributed by atoms with Crippen LogP contribution in [-0.2, 0) is 4.74 Å². The van der Waals surface area contributed by atoms with Gasteiger partial charge in [-0.05, 0) is 40.8 Å². The molecule has 2 aromatic carbocycles. The van der Waals surface area contributed by atoms with E-state index in [0.29, 0.717) is 18.9 Å². The molecule has 5 rings (SSSR count). The van der Waals surface area contributed by atoms with Crippen LogP contribution in [0.2, 0.25) is 0 Å². The van der Waals surface area contributed by atoms with Gasteiger partial charge in [-0.25, -0.2) is 4.98 Å². The van der Waals surface area contributed by atoms with Crippen LogP contribution in [0.1, 0.15) is 61.8 Å². The van der Waals surface area contributed by atoms with Crippen LogP contribution in [0, 0.1) is 0 Å². The van der Waals surface area contributed by atoms with Gasteiger partial charge in [0.05, 0.1) is 18.9 Å². The Kier molecular flexibility index (Phi) is 7.21. The molecule has 0 amide bonds. The Morgan fingerprint density at radius 1 is 1.00 bits per heavy atom. The van der Waals surface area contributed by atoms with Crippen molar-refractivity contribution in [3.05, 3.63) is 96.6 Å². The van der Waals surface area contributed by atoms with E-state index in [0.717, 1.165) is 40.8 Å². The number of morpholine rings is 1. The van der Waals surface area contributed by atoms with Gasteiger partial charge in [0.1, 0.15) is 16.5 Å². The summed E-state index contributed by atoms with van der Waals surface area (Å²) in [5.41, 5.74) is 1.71. The Bertz CT molecular complexity index is 1640. The van der Waals surface area contributed by atoms with Crippen molar-refractivity contribution >= 4 is 22.9 Å². The van der Waals surface area contributed by atoms with Crippen LogP contribution in [0.3, 0.4) is 0 Å². The zero-order chi connectivity index (χ0) is 25.9. The van der Waals surface area contributed by atoms with Gasteiger partial charge < -0.3 is 25.0 Å². The molecule has 0 radical (unpaired) electrons. The number of benzene rings is 2. The van der Waals surface area contributed by atoms with E-state index in [1.165, 1.54) is 0 Å². The highest BCUT2D eigenvalue weighted by molar-refractivity contribution is 5.90. The molecule has 0 saturated carbocycles. The van der Waals surface area contributed by atoms with Crippen LogP contribution < -0.4 is 27.1 Å². The van der Waals surface area contributed by atoms with E-state index in [1.54, 1.807) is 12.2 Å². The van der Waals surface area contributed by atoms with Gasteiger partial charge in [-0.3, -0.25) is 9.59 Å². The van der Waals surface area contributed by atoms with Crippen LogP contribution in [0.15, 0.2) is 52.1 Å². The molecule has 1 aliphatic heterocycles. The molecule has 0 bridgehead atoms. The van der Waals surface area contributed by atoms with Crippen LogP contribution in [-0.4, -0.2) is 45.7 Å². The number of fused-ring (bicyclic) bond motifs is 1. The predicted octanol–water partition coefficient (Wildman–Crippen LogP) is 2.20. The number of ether oxygens (including phenoxy) is 1. The molecule has 0 spiro atoms. The molecule has 4 N–H and O–H groups in total. The minimum atomic E-state index is -0.375.